The van der Waals surface area contributed by atoms with E-state index in [4.69, 9.17) is 16.3 Å². The lowest BCUT2D eigenvalue weighted by Crippen LogP contribution is -2.20. The Hall–Kier alpha value is -4.69. The Morgan fingerprint density at radius 2 is 1.70 bits per heavy atom. The lowest BCUT2D eigenvalue weighted by atomic mass is 10.0. The minimum absolute atomic E-state index is 0.00100. The van der Waals surface area contributed by atoms with Crippen LogP contribution in [0.15, 0.2) is 97.5 Å². The van der Waals surface area contributed by atoms with Gasteiger partial charge >= 0.3 is 6.03 Å². The van der Waals surface area contributed by atoms with Gasteiger partial charge in [-0.15, -0.1) is 0 Å². The van der Waals surface area contributed by atoms with Crippen LogP contribution >= 0.6 is 11.6 Å². The smallest absolute Gasteiger partial charge is 0.323 e. The molecule has 5 rings (SSSR count). The highest BCUT2D eigenvalue weighted by molar-refractivity contribution is 6.31. The summed E-state index contributed by atoms with van der Waals surface area (Å²) in [6, 6.07) is 21.8. The molecule has 0 aliphatic carbocycles. The highest BCUT2D eigenvalue weighted by atomic mass is 35.5. The predicted molar refractivity (Wildman–Crippen MR) is 142 cm³/mol. The molecule has 0 atom stereocenters. The van der Waals surface area contributed by atoms with Crippen molar-refractivity contribution in [3.63, 3.8) is 0 Å². The largest absolute Gasteiger partial charge is 0.457 e. The molecule has 0 saturated heterocycles. The van der Waals surface area contributed by atoms with Gasteiger partial charge < -0.3 is 15.4 Å². The molecule has 0 spiro atoms. The van der Waals surface area contributed by atoms with Crippen LogP contribution in [-0.2, 0) is 7.05 Å². The molecule has 0 saturated carbocycles. The molecular formula is C28H21ClFN5O2. The number of aryl methyl sites for hydroxylation is 1. The Kier molecular flexibility index (Phi) is 6.83. The van der Waals surface area contributed by atoms with Crippen LogP contribution in [0.25, 0.3) is 22.4 Å². The third-order valence-electron chi connectivity index (χ3n) is 5.47. The predicted octanol–water partition coefficient (Wildman–Crippen LogP) is 7.38. The van der Waals surface area contributed by atoms with Gasteiger partial charge in [-0.2, -0.15) is 5.10 Å². The molecule has 2 N–H and O–H groups in total. The second kappa shape index (κ2) is 10.5. The summed E-state index contributed by atoms with van der Waals surface area (Å²) in [6.45, 7) is 0. The molecule has 0 aliphatic rings. The number of benzene rings is 3. The van der Waals surface area contributed by atoms with E-state index in [2.05, 4.69) is 20.7 Å². The maximum Gasteiger partial charge on any atom is 0.323 e. The fourth-order valence-electron chi connectivity index (χ4n) is 3.75. The Morgan fingerprint density at radius 1 is 0.919 bits per heavy atom. The normalized spacial score (nSPS) is 10.7. The number of rotatable bonds is 6. The Morgan fingerprint density at radius 3 is 2.46 bits per heavy atom. The summed E-state index contributed by atoms with van der Waals surface area (Å²) in [5.41, 5.74) is 3.70. The van der Waals surface area contributed by atoms with Crippen molar-refractivity contribution >= 4 is 29.0 Å². The molecule has 9 heteroatoms. The van der Waals surface area contributed by atoms with Gasteiger partial charge in [0.15, 0.2) is 0 Å². The molecule has 0 aliphatic heterocycles. The Balaban J connectivity index is 1.29. The standard InChI is InChI=1S/C28H21ClFN5O2/c1-35-17-19(16-32-35)26-15-22(11-12-31-26)37-21-8-10-25(24(30)14-21)33-28(36)34-27-13-20(29)7-9-23(27)18-5-3-2-4-6-18/h2-17H,1H3,(H2,33,34,36). The summed E-state index contributed by atoms with van der Waals surface area (Å²) in [5, 5.41) is 9.90. The molecule has 3 aromatic carbocycles. The van der Waals surface area contributed by atoms with Gasteiger partial charge in [-0.25, -0.2) is 9.18 Å². The van der Waals surface area contributed by atoms with Crippen molar-refractivity contribution in [2.45, 2.75) is 0 Å². The second-order valence-corrected chi connectivity index (χ2v) is 8.59. The van der Waals surface area contributed by atoms with Gasteiger partial charge in [-0.05, 0) is 35.9 Å². The minimum atomic E-state index is -0.649. The first-order valence-corrected chi connectivity index (χ1v) is 11.7. The summed E-state index contributed by atoms with van der Waals surface area (Å²) in [7, 11) is 1.82. The first-order valence-electron chi connectivity index (χ1n) is 11.3. The van der Waals surface area contributed by atoms with Gasteiger partial charge in [-0.1, -0.05) is 48.0 Å². The van der Waals surface area contributed by atoms with Crippen LogP contribution in [-0.4, -0.2) is 20.8 Å². The van der Waals surface area contributed by atoms with Gasteiger partial charge in [0.25, 0.3) is 0 Å². The van der Waals surface area contributed by atoms with E-state index in [0.717, 1.165) is 16.7 Å². The first kappa shape index (κ1) is 24.0. The molecule has 0 bridgehead atoms. The highest BCUT2D eigenvalue weighted by Crippen LogP contribution is 2.31. The van der Waals surface area contributed by atoms with Crippen LogP contribution in [0.1, 0.15) is 0 Å². The van der Waals surface area contributed by atoms with E-state index in [-0.39, 0.29) is 11.4 Å². The Labute approximate surface area is 217 Å². The van der Waals surface area contributed by atoms with Crippen LogP contribution in [0.4, 0.5) is 20.6 Å². The molecule has 7 nitrogen and oxygen atoms in total. The van der Waals surface area contributed by atoms with Crippen LogP contribution in [0, 0.1) is 5.82 Å². The van der Waals surface area contributed by atoms with Gasteiger partial charge in [-0.3, -0.25) is 9.67 Å². The fourth-order valence-corrected chi connectivity index (χ4v) is 3.92. The molecule has 37 heavy (non-hydrogen) atoms. The molecule has 5 aromatic rings. The van der Waals surface area contributed by atoms with Crippen molar-refractivity contribution in [1.82, 2.24) is 14.8 Å². The molecule has 2 heterocycles. The number of carbonyl (C=O) groups excluding carboxylic acids is 1. The number of urea groups is 1. The number of hydrogen-bond acceptors (Lipinski definition) is 4. The van der Waals surface area contributed by atoms with Crippen molar-refractivity contribution in [3.05, 3.63) is 108 Å². The lowest BCUT2D eigenvalue weighted by molar-refractivity contribution is 0.262. The third kappa shape index (κ3) is 5.76. The van der Waals surface area contributed by atoms with E-state index in [1.165, 1.54) is 12.1 Å². The average Bonchev–Trinajstić information content (AvgIpc) is 3.33. The summed E-state index contributed by atoms with van der Waals surface area (Å²) >= 11 is 6.15. The van der Waals surface area contributed by atoms with E-state index in [1.54, 1.807) is 47.4 Å². The van der Waals surface area contributed by atoms with Crippen LogP contribution in [0.2, 0.25) is 5.02 Å². The SMILES string of the molecule is Cn1cc(-c2cc(Oc3ccc(NC(=O)Nc4cc(Cl)ccc4-c4ccccc4)c(F)c3)ccn2)cn1. The van der Waals surface area contributed by atoms with E-state index in [0.29, 0.717) is 22.2 Å². The van der Waals surface area contributed by atoms with Crippen molar-refractivity contribution < 1.29 is 13.9 Å². The summed E-state index contributed by atoms with van der Waals surface area (Å²) in [6.07, 6.45) is 5.14. The molecule has 184 valence electrons. The number of hydrogen-bond donors (Lipinski definition) is 2. The maximum atomic E-state index is 14.8. The number of pyridine rings is 1. The number of amides is 2. The molecule has 2 aromatic heterocycles. The number of ether oxygens (including phenoxy) is 1. The zero-order valence-electron chi connectivity index (χ0n) is 19.7. The van der Waals surface area contributed by atoms with Crippen molar-refractivity contribution in [1.29, 1.82) is 0 Å². The molecule has 0 fully saturated rings. The average molecular weight is 514 g/mol. The number of aromatic nitrogens is 3. The van der Waals surface area contributed by atoms with Gasteiger partial charge in [0.05, 0.1) is 23.3 Å². The molecular weight excluding hydrogens is 493 g/mol. The van der Waals surface area contributed by atoms with Crippen LogP contribution in [0.3, 0.4) is 0 Å². The van der Waals surface area contributed by atoms with Gasteiger partial charge in [0.1, 0.15) is 17.3 Å². The van der Waals surface area contributed by atoms with E-state index >= 15 is 0 Å². The van der Waals surface area contributed by atoms with Gasteiger partial charge in [0.2, 0.25) is 0 Å². The summed E-state index contributed by atoms with van der Waals surface area (Å²) in [5.74, 6) is 0.109. The third-order valence-corrected chi connectivity index (χ3v) is 5.71. The quantitative estimate of drug-likeness (QED) is 0.248. The molecule has 0 unspecified atom stereocenters. The Bertz CT molecular complexity index is 1570. The van der Waals surface area contributed by atoms with Crippen molar-refractivity contribution in [2.75, 3.05) is 10.6 Å². The van der Waals surface area contributed by atoms with Crippen LogP contribution < -0.4 is 15.4 Å². The van der Waals surface area contributed by atoms with E-state index < -0.39 is 11.8 Å². The fraction of sp³-hybridized carbons (Fsp3) is 0.0357. The molecule has 2 amide bonds. The monoisotopic (exact) mass is 513 g/mol. The summed E-state index contributed by atoms with van der Waals surface area (Å²) < 4.78 is 22.3. The van der Waals surface area contributed by atoms with Crippen molar-refractivity contribution in [2.24, 2.45) is 7.05 Å². The van der Waals surface area contributed by atoms with Crippen molar-refractivity contribution in [3.8, 4) is 33.9 Å². The maximum absolute atomic E-state index is 14.8. The second-order valence-electron chi connectivity index (χ2n) is 8.16. The van der Waals surface area contributed by atoms with E-state index in [9.17, 15) is 9.18 Å². The number of anilines is 2. The first-order chi connectivity index (χ1) is 17.9. The highest BCUT2D eigenvalue weighted by Gasteiger charge is 2.13. The van der Waals surface area contributed by atoms with Crippen LogP contribution in [0.5, 0.6) is 11.5 Å². The summed E-state index contributed by atoms with van der Waals surface area (Å²) in [4.78, 5) is 17.0. The van der Waals surface area contributed by atoms with Gasteiger partial charge in [0, 0.05) is 47.7 Å². The minimum Gasteiger partial charge on any atom is -0.457 e. The topological polar surface area (TPSA) is 81.1 Å². The molecule has 0 radical (unpaired) electrons. The number of nitrogens with zero attached hydrogens (tertiary/aromatic N) is 3. The zero-order valence-corrected chi connectivity index (χ0v) is 20.4. The zero-order chi connectivity index (χ0) is 25.8. The number of nitrogens with one attached hydrogen (secondary N) is 2. The number of carbonyl (C=O) groups is 1. The lowest BCUT2D eigenvalue weighted by Gasteiger charge is -2.14. The number of halogens is 2. The van der Waals surface area contributed by atoms with E-state index in [1.807, 2.05) is 49.6 Å².